The van der Waals surface area contributed by atoms with Crippen LogP contribution in [0, 0.1) is 5.82 Å². The predicted octanol–water partition coefficient (Wildman–Crippen LogP) is 2.60. The van der Waals surface area contributed by atoms with E-state index in [9.17, 15) is 14.0 Å². The minimum atomic E-state index is -0.693. The van der Waals surface area contributed by atoms with Gasteiger partial charge in [0.15, 0.2) is 0 Å². The third kappa shape index (κ3) is 2.06. The van der Waals surface area contributed by atoms with Crippen LogP contribution in [0.5, 0.6) is 0 Å². The van der Waals surface area contributed by atoms with E-state index in [1.165, 1.54) is 23.2 Å². The van der Waals surface area contributed by atoms with Gasteiger partial charge >= 0.3 is 0 Å². The molecule has 1 aromatic carbocycles. The number of benzene rings is 1. The molecule has 1 amide bonds. The zero-order chi connectivity index (χ0) is 14.3. The molecule has 0 bridgehead atoms. The zero-order valence-corrected chi connectivity index (χ0v) is 10.9. The summed E-state index contributed by atoms with van der Waals surface area (Å²) in [6.07, 6.45) is 1.53. The number of pyridine rings is 1. The lowest BCUT2D eigenvalue weighted by atomic mass is 10.1. The van der Waals surface area contributed by atoms with Crippen LogP contribution in [0.25, 0.3) is 0 Å². The van der Waals surface area contributed by atoms with Crippen molar-refractivity contribution in [2.45, 2.75) is 6.54 Å². The highest BCUT2D eigenvalue weighted by Crippen LogP contribution is 2.30. The summed E-state index contributed by atoms with van der Waals surface area (Å²) in [5.74, 6) is -1.90. The van der Waals surface area contributed by atoms with Crippen molar-refractivity contribution in [3.8, 4) is 0 Å². The van der Waals surface area contributed by atoms with E-state index < -0.39 is 17.5 Å². The van der Waals surface area contributed by atoms with Crippen molar-refractivity contribution < 1.29 is 14.0 Å². The van der Waals surface area contributed by atoms with Gasteiger partial charge < -0.3 is 4.90 Å². The Balaban J connectivity index is 1.97. The minimum absolute atomic E-state index is 0.0944. The third-order valence-electron chi connectivity index (χ3n) is 3.06. The van der Waals surface area contributed by atoms with Crippen molar-refractivity contribution in [1.82, 2.24) is 4.98 Å². The van der Waals surface area contributed by atoms with E-state index in [4.69, 9.17) is 11.6 Å². The SMILES string of the molecule is O=C1C(=O)N(Cc2ccc(Cl)nc2)c2ccc(F)cc21. The molecule has 6 heteroatoms. The first-order valence-corrected chi connectivity index (χ1v) is 6.20. The number of carbonyl (C=O) groups is 2. The fraction of sp³-hybridized carbons (Fsp3) is 0.0714. The Kier molecular flexibility index (Phi) is 2.99. The molecule has 2 aromatic rings. The molecule has 0 radical (unpaired) electrons. The highest BCUT2D eigenvalue weighted by molar-refractivity contribution is 6.52. The number of aromatic nitrogens is 1. The summed E-state index contributed by atoms with van der Waals surface area (Å²) in [6, 6.07) is 7.05. The number of halogens is 2. The first kappa shape index (κ1) is 12.7. The van der Waals surface area contributed by atoms with Crippen LogP contribution in [0.3, 0.4) is 0 Å². The standard InChI is InChI=1S/C14H8ClFN2O2/c15-12-4-1-8(6-17-12)7-18-11-3-2-9(16)5-10(11)13(19)14(18)20/h1-6H,7H2. The number of carbonyl (C=O) groups excluding carboxylic acids is 2. The molecule has 0 aliphatic carbocycles. The predicted molar refractivity (Wildman–Crippen MR) is 71.2 cm³/mol. The Labute approximate surface area is 118 Å². The number of fused-ring (bicyclic) bond motifs is 1. The summed E-state index contributed by atoms with van der Waals surface area (Å²) >= 11 is 5.69. The molecule has 0 spiro atoms. The molecule has 0 unspecified atom stereocenters. The van der Waals surface area contributed by atoms with Gasteiger partial charge in [0.1, 0.15) is 11.0 Å². The number of hydrogen-bond donors (Lipinski definition) is 0. The Hall–Kier alpha value is -2.27. The van der Waals surface area contributed by atoms with Crippen molar-refractivity contribution in [2.75, 3.05) is 4.90 Å². The van der Waals surface area contributed by atoms with E-state index in [-0.39, 0.29) is 12.1 Å². The lowest BCUT2D eigenvalue weighted by Gasteiger charge is -2.16. The molecule has 0 saturated heterocycles. The summed E-state index contributed by atoms with van der Waals surface area (Å²) in [5, 5.41) is 0.347. The molecule has 4 nitrogen and oxygen atoms in total. The maximum atomic E-state index is 13.2. The molecule has 1 aromatic heterocycles. The van der Waals surface area contributed by atoms with Crippen molar-refractivity contribution in [3.05, 3.63) is 58.6 Å². The van der Waals surface area contributed by atoms with Gasteiger partial charge in [-0.2, -0.15) is 0 Å². The van der Waals surface area contributed by atoms with Gasteiger partial charge in [0.25, 0.3) is 11.7 Å². The first-order valence-electron chi connectivity index (χ1n) is 5.82. The van der Waals surface area contributed by atoms with Crippen LogP contribution in [0.15, 0.2) is 36.5 Å². The summed E-state index contributed by atoms with van der Waals surface area (Å²) < 4.78 is 13.2. The van der Waals surface area contributed by atoms with Gasteiger partial charge in [-0.1, -0.05) is 17.7 Å². The Bertz CT molecular complexity index is 716. The molecule has 20 heavy (non-hydrogen) atoms. The molecule has 1 aliphatic rings. The molecule has 2 heterocycles. The maximum Gasteiger partial charge on any atom is 0.299 e. The van der Waals surface area contributed by atoms with E-state index in [1.807, 2.05) is 0 Å². The Morgan fingerprint density at radius 3 is 2.70 bits per heavy atom. The quantitative estimate of drug-likeness (QED) is 0.631. The van der Waals surface area contributed by atoms with Crippen LogP contribution in [0.1, 0.15) is 15.9 Å². The molecule has 0 atom stereocenters. The summed E-state index contributed by atoms with van der Waals surface area (Å²) in [6.45, 7) is 0.188. The summed E-state index contributed by atoms with van der Waals surface area (Å²) in [4.78, 5) is 29.0. The molecule has 3 rings (SSSR count). The fourth-order valence-electron chi connectivity index (χ4n) is 2.11. The van der Waals surface area contributed by atoms with Crippen LogP contribution < -0.4 is 4.90 Å². The largest absolute Gasteiger partial charge is 0.300 e. The van der Waals surface area contributed by atoms with Crippen molar-refractivity contribution >= 4 is 29.0 Å². The van der Waals surface area contributed by atoms with Gasteiger partial charge in [-0.25, -0.2) is 9.37 Å². The maximum absolute atomic E-state index is 13.2. The van der Waals surface area contributed by atoms with Crippen LogP contribution in [-0.2, 0) is 11.3 Å². The second kappa shape index (κ2) is 4.68. The summed E-state index contributed by atoms with van der Waals surface area (Å²) in [7, 11) is 0. The molecule has 0 fully saturated rings. The van der Waals surface area contributed by atoms with Crippen molar-refractivity contribution in [1.29, 1.82) is 0 Å². The Morgan fingerprint density at radius 1 is 1.20 bits per heavy atom. The first-order chi connectivity index (χ1) is 9.56. The monoisotopic (exact) mass is 290 g/mol. The second-order valence-corrected chi connectivity index (χ2v) is 4.76. The van der Waals surface area contributed by atoms with Gasteiger partial charge in [-0.15, -0.1) is 0 Å². The number of rotatable bonds is 2. The zero-order valence-electron chi connectivity index (χ0n) is 10.1. The smallest absolute Gasteiger partial charge is 0.299 e. The van der Waals surface area contributed by atoms with Crippen LogP contribution in [0.4, 0.5) is 10.1 Å². The van der Waals surface area contributed by atoms with Gasteiger partial charge in [0, 0.05) is 6.20 Å². The minimum Gasteiger partial charge on any atom is -0.300 e. The molecule has 0 N–H and O–H groups in total. The molecular formula is C14H8ClFN2O2. The average Bonchev–Trinajstić information content (AvgIpc) is 2.66. The van der Waals surface area contributed by atoms with E-state index in [0.29, 0.717) is 10.8 Å². The second-order valence-electron chi connectivity index (χ2n) is 4.37. The van der Waals surface area contributed by atoms with E-state index in [0.717, 1.165) is 11.6 Å². The number of amides is 1. The molecule has 1 aliphatic heterocycles. The fourth-order valence-corrected chi connectivity index (χ4v) is 2.22. The van der Waals surface area contributed by atoms with Gasteiger partial charge in [0.05, 0.1) is 17.8 Å². The normalized spacial score (nSPS) is 13.8. The highest BCUT2D eigenvalue weighted by Gasteiger charge is 2.35. The molecule has 100 valence electrons. The Morgan fingerprint density at radius 2 is 2.00 bits per heavy atom. The topological polar surface area (TPSA) is 50.3 Å². The number of hydrogen-bond acceptors (Lipinski definition) is 3. The number of anilines is 1. The highest BCUT2D eigenvalue weighted by atomic mass is 35.5. The number of nitrogens with zero attached hydrogens (tertiary/aromatic N) is 2. The van der Waals surface area contributed by atoms with E-state index in [2.05, 4.69) is 4.98 Å². The van der Waals surface area contributed by atoms with Gasteiger partial charge in [-0.05, 0) is 29.8 Å². The van der Waals surface area contributed by atoms with Crippen LogP contribution >= 0.6 is 11.6 Å². The summed E-state index contributed by atoms with van der Waals surface area (Å²) in [5.41, 5.74) is 1.24. The van der Waals surface area contributed by atoms with Crippen LogP contribution in [-0.4, -0.2) is 16.7 Å². The average molecular weight is 291 g/mol. The lowest BCUT2D eigenvalue weighted by molar-refractivity contribution is -0.114. The molecule has 0 saturated carbocycles. The number of Topliss-reactive ketones (excluding diaryl/α,β-unsaturated/α-hetero) is 1. The van der Waals surface area contributed by atoms with Crippen molar-refractivity contribution in [3.63, 3.8) is 0 Å². The number of ketones is 1. The van der Waals surface area contributed by atoms with E-state index >= 15 is 0 Å². The third-order valence-corrected chi connectivity index (χ3v) is 3.29. The van der Waals surface area contributed by atoms with E-state index in [1.54, 1.807) is 12.1 Å². The van der Waals surface area contributed by atoms with Gasteiger partial charge in [-0.3, -0.25) is 9.59 Å². The lowest BCUT2D eigenvalue weighted by Crippen LogP contribution is -2.29. The van der Waals surface area contributed by atoms with Gasteiger partial charge in [0.2, 0.25) is 0 Å². The van der Waals surface area contributed by atoms with Crippen molar-refractivity contribution in [2.24, 2.45) is 0 Å². The van der Waals surface area contributed by atoms with Crippen LogP contribution in [0.2, 0.25) is 5.15 Å². The molecular weight excluding hydrogens is 283 g/mol.